The van der Waals surface area contributed by atoms with Gasteiger partial charge in [0, 0.05) is 31.5 Å². The molecule has 1 N–H and O–H groups in total. The summed E-state index contributed by atoms with van der Waals surface area (Å²) in [6.45, 7) is 4.32. The molecule has 1 fully saturated rings. The van der Waals surface area contributed by atoms with Crippen LogP contribution in [0, 0.1) is 5.92 Å². The summed E-state index contributed by atoms with van der Waals surface area (Å²) in [6.07, 6.45) is 7.17. The highest BCUT2D eigenvalue weighted by atomic mass is 16.5. The standard InChI is InChI=1S/C18H22N4O2/c1-13-6-9-22(10-7-13)17-4-3-14(11-20-17)18(23)21-15-12-19-8-5-16(15)24-2/h3-5,8,11-13H,6-7,9-10H2,1-2H3,(H,21,23). The van der Waals surface area contributed by atoms with Gasteiger partial charge < -0.3 is 15.0 Å². The molecule has 2 aromatic heterocycles. The third kappa shape index (κ3) is 3.64. The first-order valence-corrected chi connectivity index (χ1v) is 8.17. The summed E-state index contributed by atoms with van der Waals surface area (Å²) in [5, 5.41) is 2.80. The van der Waals surface area contributed by atoms with Gasteiger partial charge in [0.15, 0.2) is 0 Å². The maximum Gasteiger partial charge on any atom is 0.257 e. The lowest BCUT2D eigenvalue weighted by Gasteiger charge is -2.31. The summed E-state index contributed by atoms with van der Waals surface area (Å²) in [5.41, 5.74) is 1.05. The zero-order valence-electron chi connectivity index (χ0n) is 14.0. The van der Waals surface area contributed by atoms with Crippen molar-refractivity contribution in [3.05, 3.63) is 42.4 Å². The van der Waals surface area contributed by atoms with E-state index in [2.05, 4.69) is 27.1 Å². The summed E-state index contributed by atoms with van der Waals surface area (Å²) in [7, 11) is 1.56. The Hall–Kier alpha value is -2.63. The van der Waals surface area contributed by atoms with Gasteiger partial charge in [-0.3, -0.25) is 9.78 Å². The molecule has 0 aliphatic carbocycles. The molecule has 0 spiro atoms. The van der Waals surface area contributed by atoms with Crippen LogP contribution < -0.4 is 15.0 Å². The number of piperidine rings is 1. The molecule has 3 rings (SSSR count). The molecular formula is C18H22N4O2. The van der Waals surface area contributed by atoms with Crippen molar-refractivity contribution in [3.8, 4) is 5.75 Å². The van der Waals surface area contributed by atoms with Gasteiger partial charge in [-0.15, -0.1) is 0 Å². The number of aromatic nitrogens is 2. The van der Waals surface area contributed by atoms with Crippen LogP contribution >= 0.6 is 0 Å². The molecule has 0 bridgehead atoms. The van der Waals surface area contributed by atoms with Crippen molar-refractivity contribution in [1.29, 1.82) is 0 Å². The van der Waals surface area contributed by atoms with Gasteiger partial charge >= 0.3 is 0 Å². The number of rotatable bonds is 4. The van der Waals surface area contributed by atoms with Crippen molar-refractivity contribution in [3.63, 3.8) is 0 Å². The molecule has 126 valence electrons. The topological polar surface area (TPSA) is 67.3 Å². The van der Waals surface area contributed by atoms with E-state index in [4.69, 9.17) is 4.74 Å². The molecule has 0 atom stereocenters. The van der Waals surface area contributed by atoms with Gasteiger partial charge in [0.25, 0.3) is 5.91 Å². The largest absolute Gasteiger partial charge is 0.494 e. The van der Waals surface area contributed by atoms with Crippen molar-refractivity contribution in [2.75, 3.05) is 30.4 Å². The molecule has 1 aliphatic heterocycles. The van der Waals surface area contributed by atoms with Crippen LogP contribution in [0.25, 0.3) is 0 Å². The average molecular weight is 326 g/mol. The molecule has 0 unspecified atom stereocenters. The van der Waals surface area contributed by atoms with E-state index in [0.717, 1.165) is 24.8 Å². The van der Waals surface area contributed by atoms with Crippen LogP contribution in [0.2, 0.25) is 0 Å². The number of carbonyl (C=O) groups excluding carboxylic acids is 1. The Morgan fingerprint density at radius 1 is 1.25 bits per heavy atom. The smallest absolute Gasteiger partial charge is 0.257 e. The molecule has 2 aromatic rings. The van der Waals surface area contributed by atoms with E-state index in [9.17, 15) is 4.79 Å². The van der Waals surface area contributed by atoms with Crippen LogP contribution in [0.15, 0.2) is 36.8 Å². The highest BCUT2D eigenvalue weighted by molar-refractivity contribution is 6.04. The average Bonchev–Trinajstić information content (AvgIpc) is 2.63. The van der Waals surface area contributed by atoms with Crippen LogP contribution in [0.1, 0.15) is 30.1 Å². The number of nitrogens with zero attached hydrogens (tertiary/aromatic N) is 3. The highest BCUT2D eigenvalue weighted by Gasteiger charge is 2.17. The van der Waals surface area contributed by atoms with Crippen molar-refractivity contribution in [2.45, 2.75) is 19.8 Å². The van der Waals surface area contributed by atoms with Crippen LogP contribution in [-0.4, -0.2) is 36.1 Å². The second kappa shape index (κ2) is 7.29. The van der Waals surface area contributed by atoms with Crippen molar-refractivity contribution in [1.82, 2.24) is 9.97 Å². The maximum atomic E-state index is 12.4. The number of pyridine rings is 2. The van der Waals surface area contributed by atoms with E-state index < -0.39 is 0 Å². The quantitative estimate of drug-likeness (QED) is 0.935. The van der Waals surface area contributed by atoms with E-state index in [1.165, 1.54) is 12.8 Å². The first kappa shape index (κ1) is 16.2. The highest BCUT2D eigenvalue weighted by Crippen LogP contribution is 2.23. The predicted octanol–water partition coefficient (Wildman–Crippen LogP) is 2.97. The number of ether oxygens (including phenoxy) is 1. The van der Waals surface area contributed by atoms with E-state index >= 15 is 0 Å². The Kier molecular flexibility index (Phi) is 4.93. The monoisotopic (exact) mass is 326 g/mol. The second-order valence-electron chi connectivity index (χ2n) is 6.10. The Labute approximate surface area is 141 Å². The fraction of sp³-hybridized carbons (Fsp3) is 0.389. The first-order valence-electron chi connectivity index (χ1n) is 8.17. The van der Waals surface area contributed by atoms with E-state index in [1.54, 1.807) is 37.8 Å². The fourth-order valence-electron chi connectivity index (χ4n) is 2.79. The number of hydrogen-bond acceptors (Lipinski definition) is 5. The lowest BCUT2D eigenvalue weighted by Crippen LogP contribution is -2.33. The molecule has 0 aromatic carbocycles. The van der Waals surface area contributed by atoms with Crippen LogP contribution in [-0.2, 0) is 0 Å². The molecule has 0 radical (unpaired) electrons. The molecule has 1 saturated heterocycles. The third-order valence-corrected chi connectivity index (χ3v) is 4.37. The lowest BCUT2D eigenvalue weighted by molar-refractivity contribution is 0.102. The Bertz CT molecular complexity index is 694. The molecule has 3 heterocycles. The molecule has 24 heavy (non-hydrogen) atoms. The van der Waals surface area contributed by atoms with E-state index in [0.29, 0.717) is 17.0 Å². The van der Waals surface area contributed by atoms with Gasteiger partial charge in [0.2, 0.25) is 0 Å². The van der Waals surface area contributed by atoms with Gasteiger partial charge in [-0.2, -0.15) is 0 Å². The minimum absolute atomic E-state index is 0.229. The first-order chi connectivity index (χ1) is 11.7. The summed E-state index contributed by atoms with van der Waals surface area (Å²) in [6, 6.07) is 5.41. The number of hydrogen-bond donors (Lipinski definition) is 1. The van der Waals surface area contributed by atoms with Crippen LogP contribution in [0.3, 0.4) is 0 Å². The molecule has 1 amide bonds. The summed E-state index contributed by atoms with van der Waals surface area (Å²) in [4.78, 5) is 23.1. The number of methoxy groups -OCH3 is 1. The zero-order valence-corrected chi connectivity index (χ0v) is 14.0. The summed E-state index contributed by atoms with van der Waals surface area (Å²) < 4.78 is 5.21. The maximum absolute atomic E-state index is 12.4. The number of carbonyl (C=O) groups is 1. The molecule has 6 heteroatoms. The SMILES string of the molecule is COc1ccncc1NC(=O)c1ccc(N2CCC(C)CC2)nc1. The van der Waals surface area contributed by atoms with Gasteiger partial charge in [0.1, 0.15) is 17.3 Å². The normalized spacial score (nSPS) is 15.2. The zero-order chi connectivity index (χ0) is 16.9. The summed E-state index contributed by atoms with van der Waals surface area (Å²) >= 11 is 0. The Morgan fingerprint density at radius 2 is 2.04 bits per heavy atom. The molecular weight excluding hydrogens is 304 g/mol. The van der Waals surface area contributed by atoms with E-state index in [1.807, 2.05) is 6.07 Å². The Balaban J connectivity index is 1.68. The third-order valence-electron chi connectivity index (χ3n) is 4.37. The summed E-state index contributed by atoms with van der Waals surface area (Å²) in [5.74, 6) is 2.05. The van der Waals surface area contributed by atoms with Crippen molar-refractivity contribution >= 4 is 17.4 Å². The van der Waals surface area contributed by atoms with Crippen molar-refractivity contribution in [2.24, 2.45) is 5.92 Å². The van der Waals surface area contributed by atoms with Gasteiger partial charge in [-0.1, -0.05) is 6.92 Å². The van der Waals surface area contributed by atoms with Gasteiger partial charge in [0.05, 0.1) is 18.9 Å². The minimum atomic E-state index is -0.229. The predicted molar refractivity (Wildman–Crippen MR) is 93.6 cm³/mol. The fourth-order valence-corrected chi connectivity index (χ4v) is 2.79. The number of nitrogens with one attached hydrogen (secondary N) is 1. The molecule has 0 saturated carbocycles. The molecule has 1 aliphatic rings. The molecule has 6 nitrogen and oxygen atoms in total. The number of amides is 1. The Morgan fingerprint density at radius 3 is 2.71 bits per heavy atom. The second-order valence-corrected chi connectivity index (χ2v) is 6.10. The van der Waals surface area contributed by atoms with Crippen LogP contribution in [0.4, 0.5) is 11.5 Å². The van der Waals surface area contributed by atoms with Crippen LogP contribution in [0.5, 0.6) is 5.75 Å². The lowest BCUT2D eigenvalue weighted by atomic mass is 9.99. The minimum Gasteiger partial charge on any atom is -0.494 e. The number of anilines is 2. The van der Waals surface area contributed by atoms with Gasteiger partial charge in [-0.05, 0) is 30.9 Å². The van der Waals surface area contributed by atoms with E-state index in [-0.39, 0.29) is 5.91 Å². The van der Waals surface area contributed by atoms with Gasteiger partial charge in [-0.25, -0.2) is 4.98 Å². The van der Waals surface area contributed by atoms with Crippen molar-refractivity contribution < 1.29 is 9.53 Å².